The van der Waals surface area contributed by atoms with Gasteiger partial charge in [0.1, 0.15) is 17.8 Å². The molecule has 8 heteroatoms. The molecular formula is C29H39NO7. The minimum absolute atomic E-state index is 0.153. The number of fused-ring (bicyclic) bond motifs is 3. The van der Waals surface area contributed by atoms with Gasteiger partial charge in [-0.25, -0.2) is 0 Å². The third kappa shape index (κ3) is 3.34. The summed E-state index contributed by atoms with van der Waals surface area (Å²) in [6.45, 7) is 7.24. The molecule has 2 unspecified atom stereocenters. The van der Waals surface area contributed by atoms with Crippen molar-refractivity contribution < 1.29 is 34.8 Å². The predicted octanol–water partition coefficient (Wildman–Crippen LogP) is 1.92. The summed E-state index contributed by atoms with van der Waals surface area (Å²) in [6, 6.07) is 3.39. The summed E-state index contributed by atoms with van der Waals surface area (Å²) in [5.74, 6) is -6.13. The Bertz CT molecular complexity index is 1180. The van der Waals surface area contributed by atoms with Gasteiger partial charge >= 0.3 is 0 Å². The largest absolute Gasteiger partial charge is 0.507 e. The van der Waals surface area contributed by atoms with Gasteiger partial charge in [0.2, 0.25) is 5.91 Å². The van der Waals surface area contributed by atoms with E-state index in [9.17, 15) is 34.8 Å². The molecule has 0 aliphatic heterocycles. The highest BCUT2D eigenvalue weighted by Gasteiger charge is 2.75. The molecule has 0 bridgehead atoms. The van der Waals surface area contributed by atoms with Crippen molar-refractivity contribution in [3.63, 3.8) is 0 Å². The van der Waals surface area contributed by atoms with E-state index in [4.69, 9.17) is 5.73 Å². The molecule has 3 saturated carbocycles. The number of phenols is 1. The summed E-state index contributed by atoms with van der Waals surface area (Å²) < 4.78 is 0. The zero-order valence-corrected chi connectivity index (χ0v) is 22.0. The van der Waals surface area contributed by atoms with Crippen LogP contribution in [0.2, 0.25) is 0 Å². The van der Waals surface area contributed by atoms with Crippen LogP contribution in [0.3, 0.4) is 0 Å². The number of Topliss-reactive ketones (excluding diaryl/α,β-unsaturated/α-hetero) is 2. The number of benzene rings is 1. The van der Waals surface area contributed by atoms with Crippen LogP contribution in [0.25, 0.3) is 0 Å². The first-order chi connectivity index (χ1) is 17.2. The Balaban J connectivity index is 1.68. The maximum absolute atomic E-state index is 14.0. The molecule has 4 aliphatic carbocycles. The van der Waals surface area contributed by atoms with Crippen molar-refractivity contribution in [1.29, 1.82) is 0 Å². The fourth-order valence-corrected chi connectivity index (χ4v) is 8.79. The van der Waals surface area contributed by atoms with Gasteiger partial charge in [-0.2, -0.15) is 0 Å². The second-order valence-corrected chi connectivity index (χ2v) is 13.1. The lowest BCUT2D eigenvalue weighted by Crippen LogP contribution is -2.79. The molecule has 1 aromatic rings. The lowest BCUT2D eigenvalue weighted by atomic mass is 9.39. The number of hydrogen-bond acceptors (Lipinski definition) is 7. The van der Waals surface area contributed by atoms with Crippen molar-refractivity contribution in [2.24, 2.45) is 46.2 Å². The number of phenolic OH excluding ortho intramolecular Hbond substituents is 1. The second kappa shape index (κ2) is 8.35. The molecule has 0 heterocycles. The van der Waals surface area contributed by atoms with Gasteiger partial charge in [-0.05, 0) is 59.6 Å². The topological polar surface area (TPSA) is 158 Å². The monoisotopic (exact) mass is 513 g/mol. The maximum atomic E-state index is 14.0. The minimum atomic E-state index is -2.47. The fraction of sp³-hybridized carbons (Fsp3) is 0.690. The Morgan fingerprint density at radius 2 is 1.81 bits per heavy atom. The van der Waals surface area contributed by atoms with Gasteiger partial charge < -0.3 is 26.2 Å². The number of nitrogens with two attached hydrogens (primary N) is 1. The van der Waals surface area contributed by atoms with Crippen LogP contribution in [0.1, 0.15) is 74.9 Å². The highest BCUT2D eigenvalue weighted by Crippen LogP contribution is 2.65. The summed E-state index contributed by atoms with van der Waals surface area (Å²) in [6.07, 6.45) is 1.54. The normalized spacial score (nSPS) is 41.6. The molecule has 0 aromatic heterocycles. The summed E-state index contributed by atoms with van der Waals surface area (Å²) in [4.78, 5) is 40.0. The van der Waals surface area contributed by atoms with E-state index in [1.165, 1.54) is 12.5 Å². The molecule has 4 aliphatic rings. The van der Waals surface area contributed by atoms with E-state index in [-0.39, 0.29) is 23.7 Å². The molecule has 202 valence electrons. The van der Waals surface area contributed by atoms with Crippen LogP contribution in [0.15, 0.2) is 12.1 Å². The molecular weight excluding hydrogens is 474 g/mol. The number of aliphatic hydroxyl groups excluding tert-OH is 2. The lowest BCUT2D eigenvalue weighted by molar-refractivity contribution is -0.265. The fourth-order valence-electron chi connectivity index (χ4n) is 8.79. The van der Waals surface area contributed by atoms with Gasteiger partial charge in [-0.1, -0.05) is 53.0 Å². The van der Waals surface area contributed by atoms with Crippen LogP contribution in [0, 0.1) is 40.4 Å². The van der Waals surface area contributed by atoms with Crippen LogP contribution in [-0.2, 0) is 22.4 Å². The Morgan fingerprint density at radius 3 is 2.35 bits per heavy atom. The number of rotatable bonds is 4. The molecule has 5 rings (SSSR count). The number of carbonyl (C=O) groups excluding carboxylic acids is 3. The van der Waals surface area contributed by atoms with Crippen LogP contribution < -0.4 is 5.73 Å². The lowest BCUT2D eigenvalue weighted by Gasteiger charge is -2.66. The molecule has 1 aromatic carbocycles. The smallest absolute Gasteiger partial charge is 0.230 e. The number of aliphatic hydroxyl groups is 3. The van der Waals surface area contributed by atoms with E-state index in [1.54, 1.807) is 6.92 Å². The van der Waals surface area contributed by atoms with E-state index in [0.717, 1.165) is 30.4 Å². The van der Waals surface area contributed by atoms with Gasteiger partial charge in [0, 0.05) is 5.41 Å². The summed E-state index contributed by atoms with van der Waals surface area (Å²) >= 11 is 0. The minimum Gasteiger partial charge on any atom is -0.507 e. The van der Waals surface area contributed by atoms with Gasteiger partial charge in [0.15, 0.2) is 17.2 Å². The Labute approximate surface area is 217 Å². The molecule has 8 nitrogen and oxygen atoms in total. The van der Waals surface area contributed by atoms with Crippen molar-refractivity contribution in [2.75, 3.05) is 0 Å². The Morgan fingerprint density at radius 1 is 1.16 bits per heavy atom. The molecule has 8 atom stereocenters. The zero-order valence-electron chi connectivity index (χ0n) is 22.0. The van der Waals surface area contributed by atoms with E-state index in [1.807, 2.05) is 26.8 Å². The van der Waals surface area contributed by atoms with E-state index < -0.39 is 63.9 Å². The van der Waals surface area contributed by atoms with Crippen molar-refractivity contribution in [2.45, 2.75) is 84.0 Å². The average Bonchev–Trinajstić information content (AvgIpc) is 2.74. The van der Waals surface area contributed by atoms with Crippen molar-refractivity contribution in [1.82, 2.24) is 0 Å². The summed E-state index contributed by atoms with van der Waals surface area (Å²) in [7, 11) is 0. The van der Waals surface area contributed by atoms with Gasteiger partial charge in [-0.3, -0.25) is 14.4 Å². The molecule has 3 fully saturated rings. The molecule has 0 spiro atoms. The quantitative estimate of drug-likeness (QED) is 0.385. The molecule has 1 amide bonds. The SMILES string of the molecule is CC(C)[C@H]1C(O)[C@@H](C(N)=O)C(=O)[C@]2(O)C(O)[C@H]3C(=O)c4c(O)ccc(CC5CCC5)c4C[C@]3(C)C[C@]12C. The highest BCUT2D eigenvalue weighted by atomic mass is 16.4. The van der Waals surface area contributed by atoms with Crippen molar-refractivity contribution in [3.8, 4) is 5.75 Å². The number of hydrogen-bond donors (Lipinski definition) is 5. The Hall–Kier alpha value is -2.29. The summed E-state index contributed by atoms with van der Waals surface area (Å²) in [5.41, 5.74) is 2.78. The summed E-state index contributed by atoms with van der Waals surface area (Å²) in [5, 5.41) is 45.9. The number of ketones is 2. The van der Waals surface area contributed by atoms with Crippen molar-refractivity contribution >= 4 is 17.5 Å². The molecule has 37 heavy (non-hydrogen) atoms. The first-order valence-corrected chi connectivity index (χ1v) is 13.5. The van der Waals surface area contributed by atoms with Crippen molar-refractivity contribution in [3.05, 3.63) is 28.8 Å². The molecule has 6 N–H and O–H groups in total. The maximum Gasteiger partial charge on any atom is 0.230 e. The van der Waals surface area contributed by atoms with Gasteiger partial charge in [-0.15, -0.1) is 0 Å². The average molecular weight is 514 g/mol. The Kier molecular flexibility index (Phi) is 5.94. The van der Waals surface area contributed by atoms with Gasteiger partial charge in [0.25, 0.3) is 0 Å². The molecule has 0 saturated heterocycles. The van der Waals surface area contributed by atoms with Crippen LogP contribution >= 0.6 is 0 Å². The van der Waals surface area contributed by atoms with Crippen LogP contribution in [-0.4, -0.2) is 55.7 Å². The van der Waals surface area contributed by atoms with E-state index >= 15 is 0 Å². The first-order valence-electron chi connectivity index (χ1n) is 13.5. The van der Waals surface area contributed by atoms with Crippen LogP contribution in [0.4, 0.5) is 0 Å². The third-order valence-electron chi connectivity index (χ3n) is 10.5. The number of carbonyl (C=O) groups is 3. The van der Waals surface area contributed by atoms with E-state index in [2.05, 4.69) is 0 Å². The highest BCUT2D eigenvalue weighted by molar-refractivity contribution is 6.09. The third-order valence-corrected chi connectivity index (χ3v) is 10.5. The number of primary amides is 1. The number of amides is 1. The second-order valence-electron chi connectivity index (χ2n) is 13.1. The van der Waals surface area contributed by atoms with E-state index in [0.29, 0.717) is 12.3 Å². The number of aromatic hydroxyl groups is 1. The van der Waals surface area contributed by atoms with Gasteiger partial charge in [0.05, 0.1) is 17.6 Å². The molecule has 0 radical (unpaired) electrons. The van der Waals surface area contributed by atoms with Crippen LogP contribution in [0.5, 0.6) is 5.75 Å². The predicted molar refractivity (Wildman–Crippen MR) is 134 cm³/mol. The zero-order chi connectivity index (χ0) is 27.2. The first kappa shape index (κ1) is 26.3. The standard InChI is InChI=1S/C29H39NO7/c1-13(2)20-23(33)19(26(30)36)24(34)29(37)25(35)21-22(32)18-16(11-27(21,3)12-28(20,29)4)15(8-9-17(18)31)10-14-6-5-7-14/h8-9,13-14,19-21,23,25,31,33,35,37H,5-7,10-12H2,1-4H3,(H2,30,36)/t19-,20+,21-,23?,25?,27-,28-,29+/m1/s1.